The van der Waals surface area contributed by atoms with Crippen LogP contribution < -0.4 is 16.6 Å². The van der Waals surface area contributed by atoms with Gasteiger partial charge in [-0.15, -0.1) is 0 Å². The fourth-order valence-electron chi connectivity index (χ4n) is 2.86. The summed E-state index contributed by atoms with van der Waals surface area (Å²) in [6.45, 7) is 3.72. The largest absolute Gasteiger partial charge is 0.467 e. The van der Waals surface area contributed by atoms with Crippen LogP contribution in [-0.2, 0) is 17.9 Å². The average Bonchev–Trinajstić information content (AvgIpc) is 3.13. The molecule has 0 unspecified atom stereocenters. The number of amides is 1. The van der Waals surface area contributed by atoms with Crippen molar-refractivity contribution in [2.75, 3.05) is 0 Å². The van der Waals surface area contributed by atoms with Crippen LogP contribution in [0.4, 0.5) is 0 Å². The minimum Gasteiger partial charge on any atom is -0.467 e. The maximum atomic E-state index is 12.8. The van der Waals surface area contributed by atoms with Gasteiger partial charge in [-0.25, -0.2) is 4.79 Å². The van der Waals surface area contributed by atoms with Crippen molar-refractivity contribution in [3.05, 3.63) is 68.2 Å². The third-order valence-corrected chi connectivity index (χ3v) is 4.47. The Hall–Kier alpha value is -2.80. The normalized spacial score (nSPS) is 12.3. The highest BCUT2D eigenvalue weighted by Gasteiger charge is 2.22. The highest BCUT2D eigenvalue weighted by atomic mass is 35.5. The second kappa shape index (κ2) is 7.21. The molecule has 0 bridgehead atoms. The van der Waals surface area contributed by atoms with E-state index >= 15 is 0 Å². The van der Waals surface area contributed by atoms with Crippen molar-refractivity contribution >= 4 is 28.4 Å². The second-order valence-corrected chi connectivity index (χ2v) is 6.27. The monoisotopic (exact) mass is 375 g/mol. The zero-order valence-corrected chi connectivity index (χ0v) is 15.1. The van der Waals surface area contributed by atoms with Crippen molar-refractivity contribution in [1.29, 1.82) is 0 Å². The fourth-order valence-corrected chi connectivity index (χ4v) is 3.02. The molecule has 8 heteroatoms. The molecule has 2 aromatic heterocycles. The minimum atomic E-state index is -0.836. The lowest BCUT2D eigenvalue weighted by atomic mass is 10.2. The number of fused-ring (bicyclic) bond motifs is 1. The van der Waals surface area contributed by atoms with Gasteiger partial charge in [-0.05, 0) is 44.2 Å². The molecule has 3 rings (SSSR count). The molecule has 1 amide bonds. The zero-order chi connectivity index (χ0) is 18.8. The number of hydrogen-bond acceptors (Lipinski definition) is 4. The topological polar surface area (TPSA) is 86.2 Å². The number of furan rings is 1. The first kappa shape index (κ1) is 18.0. The number of carbonyl (C=O) groups is 1. The van der Waals surface area contributed by atoms with Crippen molar-refractivity contribution in [2.45, 2.75) is 33.0 Å². The lowest BCUT2D eigenvalue weighted by Crippen LogP contribution is -2.44. The molecule has 0 fully saturated rings. The number of aromatic nitrogens is 2. The fraction of sp³-hybridized carbons (Fsp3) is 0.278. The van der Waals surface area contributed by atoms with Crippen LogP contribution in [0.3, 0.4) is 0 Å². The molecule has 26 heavy (non-hydrogen) atoms. The smallest absolute Gasteiger partial charge is 0.332 e. The van der Waals surface area contributed by atoms with Crippen molar-refractivity contribution in [1.82, 2.24) is 14.5 Å². The molecular formula is C18H18ClN3O4. The first-order chi connectivity index (χ1) is 12.4. The molecule has 2 heterocycles. The maximum absolute atomic E-state index is 12.8. The summed E-state index contributed by atoms with van der Waals surface area (Å²) in [4.78, 5) is 37.9. The van der Waals surface area contributed by atoms with Crippen LogP contribution in [-0.4, -0.2) is 15.0 Å². The van der Waals surface area contributed by atoms with E-state index in [-0.39, 0.29) is 19.0 Å². The van der Waals surface area contributed by atoms with Gasteiger partial charge >= 0.3 is 5.69 Å². The minimum absolute atomic E-state index is 0.205. The number of benzene rings is 1. The molecule has 7 nitrogen and oxygen atoms in total. The Kier molecular flexibility index (Phi) is 4.99. The number of rotatable bonds is 5. The third-order valence-electron chi connectivity index (χ3n) is 4.23. The lowest BCUT2D eigenvalue weighted by molar-refractivity contribution is -0.124. The average molecular weight is 376 g/mol. The van der Waals surface area contributed by atoms with Gasteiger partial charge in [0.15, 0.2) is 0 Å². The molecule has 3 aromatic rings. The Balaban J connectivity index is 2.07. The van der Waals surface area contributed by atoms with Crippen molar-refractivity contribution in [3.8, 4) is 0 Å². The molecule has 0 aliphatic rings. The van der Waals surface area contributed by atoms with E-state index in [9.17, 15) is 14.4 Å². The molecule has 0 saturated heterocycles. The van der Waals surface area contributed by atoms with Crippen molar-refractivity contribution in [3.63, 3.8) is 0 Å². The summed E-state index contributed by atoms with van der Waals surface area (Å²) in [5, 5.41) is 3.44. The van der Waals surface area contributed by atoms with Crippen LogP contribution in [0.5, 0.6) is 0 Å². The summed E-state index contributed by atoms with van der Waals surface area (Å²) in [6.07, 6.45) is 1.52. The highest BCUT2D eigenvalue weighted by molar-refractivity contribution is 6.31. The first-order valence-corrected chi connectivity index (χ1v) is 8.56. The maximum Gasteiger partial charge on any atom is 0.332 e. The van der Waals surface area contributed by atoms with E-state index in [4.69, 9.17) is 16.0 Å². The Morgan fingerprint density at radius 1 is 1.31 bits per heavy atom. The SMILES string of the molecule is CCn1c(=O)c2ccc(Cl)cc2n([C@@H](C)C(=O)NCc2ccco2)c1=O. The number of nitrogens with one attached hydrogen (secondary N) is 1. The summed E-state index contributed by atoms with van der Waals surface area (Å²) in [7, 11) is 0. The van der Waals surface area contributed by atoms with Gasteiger partial charge in [-0.2, -0.15) is 0 Å². The Morgan fingerprint density at radius 3 is 2.73 bits per heavy atom. The molecule has 0 aliphatic heterocycles. The number of carbonyl (C=O) groups excluding carboxylic acids is 1. The summed E-state index contributed by atoms with van der Waals surface area (Å²) >= 11 is 6.04. The molecular weight excluding hydrogens is 358 g/mol. The molecule has 1 aromatic carbocycles. The van der Waals surface area contributed by atoms with Gasteiger partial charge in [0, 0.05) is 11.6 Å². The highest BCUT2D eigenvalue weighted by Crippen LogP contribution is 2.18. The van der Waals surface area contributed by atoms with Gasteiger partial charge in [0.1, 0.15) is 11.8 Å². The van der Waals surface area contributed by atoms with Gasteiger partial charge in [0.2, 0.25) is 5.91 Å². The van der Waals surface area contributed by atoms with Gasteiger partial charge < -0.3 is 9.73 Å². The van der Waals surface area contributed by atoms with Gasteiger partial charge in [0.05, 0.1) is 23.7 Å². The van der Waals surface area contributed by atoms with Crippen molar-refractivity contribution in [2.24, 2.45) is 0 Å². The Labute approximate surface area is 153 Å². The molecule has 0 radical (unpaired) electrons. The molecule has 0 spiro atoms. The Morgan fingerprint density at radius 2 is 2.08 bits per heavy atom. The van der Waals surface area contributed by atoms with Crippen molar-refractivity contribution < 1.29 is 9.21 Å². The first-order valence-electron chi connectivity index (χ1n) is 8.18. The standard InChI is InChI=1S/C18H18ClN3O4/c1-3-21-17(24)14-7-6-12(19)9-15(14)22(18(21)25)11(2)16(23)20-10-13-5-4-8-26-13/h4-9,11H,3,10H2,1-2H3,(H,20,23)/t11-/m0/s1. The van der Waals surface area contributed by atoms with Crippen LogP contribution in [0, 0.1) is 0 Å². The molecule has 136 valence electrons. The van der Waals surface area contributed by atoms with E-state index in [1.165, 1.54) is 16.9 Å². The third kappa shape index (κ3) is 3.17. The zero-order valence-electron chi connectivity index (χ0n) is 14.4. The molecule has 1 atom stereocenters. The van der Waals surface area contributed by atoms with Gasteiger partial charge in [-0.3, -0.25) is 18.7 Å². The Bertz CT molecular complexity index is 1070. The van der Waals surface area contributed by atoms with E-state index in [2.05, 4.69) is 5.32 Å². The molecule has 0 saturated carbocycles. The molecule has 1 N–H and O–H groups in total. The van der Waals surface area contributed by atoms with E-state index in [0.717, 1.165) is 4.57 Å². The summed E-state index contributed by atoms with van der Waals surface area (Å²) < 4.78 is 7.58. The number of halogens is 1. The van der Waals surface area contributed by atoms with Crippen LogP contribution >= 0.6 is 11.6 Å². The van der Waals surface area contributed by atoms with E-state index in [1.54, 1.807) is 38.1 Å². The van der Waals surface area contributed by atoms with Crippen LogP contribution in [0.2, 0.25) is 5.02 Å². The van der Waals surface area contributed by atoms with E-state index in [0.29, 0.717) is 21.7 Å². The lowest BCUT2D eigenvalue weighted by Gasteiger charge is -2.19. The van der Waals surface area contributed by atoms with E-state index < -0.39 is 17.3 Å². The number of hydrogen-bond donors (Lipinski definition) is 1. The number of nitrogens with zero attached hydrogens (tertiary/aromatic N) is 2. The van der Waals surface area contributed by atoms with E-state index in [1.807, 2.05) is 0 Å². The van der Waals surface area contributed by atoms with Gasteiger partial charge in [-0.1, -0.05) is 11.6 Å². The predicted octanol–water partition coefficient (Wildman–Crippen LogP) is 2.31. The second-order valence-electron chi connectivity index (χ2n) is 5.84. The van der Waals surface area contributed by atoms with Crippen LogP contribution in [0.25, 0.3) is 10.9 Å². The predicted molar refractivity (Wildman–Crippen MR) is 98.4 cm³/mol. The molecule has 0 aliphatic carbocycles. The van der Waals surface area contributed by atoms with Gasteiger partial charge in [0.25, 0.3) is 5.56 Å². The summed E-state index contributed by atoms with van der Waals surface area (Å²) in [6, 6.07) is 7.30. The van der Waals surface area contributed by atoms with Crippen LogP contribution in [0.15, 0.2) is 50.6 Å². The summed E-state index contributed by atoms with van der Waals surface area (Å²) in [5.74, 6) is 0.232. The summed E-state index contributed by atoms with van der Waals surface area (Å²) in [5.41, 5.74) is -0.616. The quantitative estimate of drug-likeness (QED) is 0.741. The van der Waals surface area contributed by atoms with Crippen LogP contribution in [0.1, 0.15) is 25.6 Å².